The van der Waals surface area contributed by atoms with Gasteiger partial charge in [0.25, 0.3) is 5.24 Å². The number of fused-ring (bicyclic) bond motifs is 2. The molecule has 2 saturated heterocycles. The van der Waals surface area contributed by atoms with Crippen LogP contribution >= 0.6 is 34.8 Å². The number of carbonyl (C=O) groups is 5. The number of rotatable bonds is 7. The van der Waals surface area contributed by atoms with Gasteiger partial charge in [0.05, 0.1) is 17.9 Å². The lowest BCUT2D eigenvalue weighted by atomic mass is 9.74. The van der Waals surface area contributed by atoms with Gasteiger partial charge in [-0.05, 0) is 79.3 Å². The summed E-state index contributed by atoms with van der Waals surface area (Å²) in [6.07, 6.45) is 20.5. The third kappa shape index (κ3) is 12.4. The molecule has 3 aliphatic carbocycles. The number of benzene rings is 2. The molecule has 3 saturated carbocycles. The second-order valence-corrected chi connectivity index (χ2v) is 16.7. The zero-order valence-corrected chi connectivity index (χ0v) is 33.8. The van der Waals surface area contributed by atoms with E-state index in [-0.39, 0.29) is 48.8 Å². The van der Waals surface area contributed by atoms with Crippen LogP contribution in [-0.4, -0.2) is 45.7 Å². The van der Waals surface area contributed by atoms with Crippen LogP contribution in [0.3, 0.4) is 0 Å². The monoisotopic (exact) mass is 814 g/mol. The van der Waals surface area contributed by atoms with Gasteiger partial charge in [0, 0.05) is 41.3 Å². The molecule has 0 radical (unpaired) electrons. The van der Waals surface area contributed by atoms with E-state index in [0.29, 0.717) is 47.2 Å². The minimum Gasteiger partial charge on any atom is -0.352 e. The van der Waals surface area contributed by atoms with Gasteiger partial charge in [-0.3, -0.25) is 28.9 Å². The van der Waals surface area contributed by atoms with E-state index < -0.39 is 5.24 Å². The minimum atomic E-state index is -0.439. The number of likely N-dealkylation sites (tertiary alicyclic amines) is 1. The Morgan fingerprint density at radius 2 is 1.11 bits per heavy atom. The molecule has 0 aromatic heterocycles. The summed E-state index contributed by atoms with van der Waals surface area (Å²) in [5.74, 6) is 1.57. The summed E-state index contributed by atoms with van der Waals surface area (Å²) in [6.45, 7) is 0. The van der Waals surface area contributed by atoms with Crippen LogP contribution in [0.4, 0.5) is 0 Å². The van der Waals surface area contributed by atoms with E-state index in [1.54, 1.807) is 29.2 Å². The van der Waals surface area contributed by atoms with Crippen LogP contribution < -0.4 is 5.32 Å². The number of amides is 3. The summed E-state index contributed by atoms with van der Waals surface area (Å²) in [5, 5.41) is 2.53. The number of hydrogen-bond donors (Lipinski definition) is 1. The zero-order valence-electron chi connectivity index (χ0n) is 31.6. The van der Waals surface area contributed by atoms with Crippen molar-refractivity contribution >= 4 is 63.6 Å². The van der Waals surface area contributed by atoms with Crippen molar-refractivity contribution in [3.8, 4) is 0 Å². The number of carbonyl (C=O) groups excluding carboxylic acids is 5. The van der Waals surface area contributed by atoms with Crippen molar-refractivity contribution in [3.05, 3.63) is 70.8 Å². The van der Waals surface area contributed by atoms with Gasteiger partial charge in [0.2, 0.25) is 17.7 Å². The first-order valence-electron chi connectivity index (χ1n) is 20.4. The van der Waals surface area contributed by atoms with Crippen molar-refractivity contribution in [1.82, 2.24) is 10.2 Å². The van der Waals surface area contributed by atoms with E-state index in [9.17, 15) is 24.0 Å². The van der Waals surface area contributed by atoms with Crippen molar-refractivity contribution in [2.24, 2.45) is 23.7 Å². The fourth-order valence-electron chi connectivity index (χ4n) is 8.93. The van der Waals surface area contributed by atoms with Gasteiger partial charge < -0.3 is 5.32 Å². The lowest BCUT2D eigenvalue weighted by Crippen LogP contribution is -2.64. The van der Waals surface area contributed by atoms with Crippen LogP contribution in [0.5, 0.6) is 0 Å². The van der Waals surface area contributed by atoms with Gasteiger partial charge in [-0.15, -0.1) is 23.2 Å². The molecule has 6 atom stereocenters. The van der Waals surface area contributed by atoms with Crippen molar-refractivity contribution in [2.75, 3.05) is 0 Å². The van der Waals surface area contributed by atoms with Crippen LogP contribution in [0.15, 0.2) is 48.5 Å². The predicted molar refractivity (Wildman–Crippen MR) is 222 cm³/mol. The van der Waals surface area contributed by atoms with E-state index in [4.69, 9.17) is 34.8 Å². The van der Waals surface area contributed by atoms with Crippen LogP contribution in [0.2, 0.25) is 0 Å². The van der Waals surface area contributed by atoms with Gasteiger partial charge in [-0.1, -0.05) is 121 Å². The summed E-state index contributed by atoms with van der Waals surface area (Å²) >= 11 is 16.6. The second-order valence-electron chi connectivity index (χ2n) is 15.8. The summed E-state index contributed by atoms with van der Waals surface area (Å²) in [6, 6.07) is 15.0. The molecule has 1 N–H and O–H groups in total. The normalized spacial score (nSPS) is 26.3. The number of hydrogen-bond acceptors (Lipinski definition) is 5. The molecule has 3 amide bonds. The highest BCUT2D eigenvalue weighted by molar-refractivity contribution is 6.67. The molecule has 5 fully saturated rings. The lowest BCUT2D eigenvalue weighted by molar-refractivity contribution is -0.171. The maximum Gasteiger partial charge on any atom is 0.252 e. The first-order chi connectivity index (χ1) is 26.2. The molecule has 2 aliphatic heterocycles. The van der Waals surface area contributed by atoms with E-state index >= 15 is 0 Å². The van der Waals surface area contributed by atoms with E-state index in [2.05, 4.69) is 5.32 Å². The molecule has 0 bridgehead atoms. The summed E-state index contributed by atoms with van der Waals surface area (Å²) in [5.41, 5.74) is 3.16. The molecular weight excluding hydrogens is 755 g/mol. The van der Waals surface area contributed by atoms with E-state index in [1.807, 2.05) is 24.3 Å². The van der Waals surface area contributed by atoms with Gasteiger partial charge >= 0.3 is 0 Å². The summed E-state index contributed by atoms with van der Waals surface area (Å²) in [4.78, 5) is 62.9. The number of halogens is 3. The predicted octanol–water partition coefficient (Wildman–Crippen LogP) is 11.2. The molecule has 2 heterocycles. The Morgan fingerprint density at radius 1 is 0.618 bits per heavy atom. The fourth-order valence-corrected chi connectivity index (χ4v) is 9.41. The Balaban J connectivity index is 0.000000237. The van der Waals surface area contributed by atoms with Gasteiger partial charge in [0.1, 0.15) is 0 Å². The number of nitrogens with one attached hydrogen (secondary N) is 1. The average molecular weight is 816 g/mol. The van der Waals surface area contributed by atoms with Crippen molar-refractivity contribution in [2.45, 2.75) is 153 Å². The molecule has 5 aliphatic rings. The number of β-lactam (4-membered cyclic amide) rings is 2. The van der Waals surface area contributed by atoms with Crippen LogP contribution in [0.25, 0.3) is 0 Å². The van der Waals surface area contributed by atoms with E-state index in [0.717, 1.165) is 81.8 Å². The first-order valence-corrected chi connectivity index (χ1v) is 21.9. The number of imide groups is 1. The molecule has 55 heavy (non-hydrogen) atoms. The Hall–Kier alpha value is -2.74. The lowest BCUT2D eigenvalue weighted by Gasteiger charge is -2.49. The maximum atomic E-state index is 13.7. The SMILES string of the molecule is C.O=C(C[C@H]1CCCCCC[C@H]1C(=O)N1C(=O)[C@@H]2CCCCCC[C@@H]21)c1ccc(CCl)cc1.O=C(Cl)c1ccc(CCl)cc1.O=C1N[C@H]2CCCCCC[C@@H]12. The molecule has 2 aromatic carbocycles. The number of Topliss-reactive ketones (excluding diaryl/α,β-unsaturated/α-hetero) is 1. The molecule has 7 rings (SSSR count). The molecular formula is C45H61Cl3N2O5. The van der Waals surface area contributed by atoms with Crippen LogP contribution in [0.1, 0.15) is 161 Å². The van der Waals surface area contributed by atoms with Crippen molar-refractivity contribution < 1.29 is 24.0 Å². The fraction of sp³-hybridized carbons (Fsp3) is 0.622. The summed E-state index contributed by atoms with van der Waals surface area (Å²) in [7, 11) is 0. The Labute approximate surface area is 344 Å². The van der Waals surface area contributed by atoms with Crippen LogP contribution in [0, 0.1) is 23.7 Å². The molecule has 0 unspecified atom stereocenters. The van der Waals surface area contributed by atoms with E-state index in [1.165, 1.54) is 44.9 Å². The third-order valence-electron chi connectivity index (χ3n) is 12.2. The largest absolute Gasteiger partial charge is 0.352 e. The Morgan fingerprint density at radius 3 is 1.65 bits per heavy atom. The van der Waals surface area contributed by atoms with Crippen LogP contribution in [-0.2, 0) is 26.1 Å². The average Bonchev–Trinajstić information content (AvgIpc) is 3.15. The highest BCUT2D eigenvalue weighted by Gasteiger charge is 2.51. The summed E-state index contributed by atoms with van der Waals surface area (Å²) < 4.78 is 0. The smallest absolute Gasteiger partial charge is 0.252 e. The third-order valence-corrected chi connectivity index (χ3v) is 13.1. The quantitative estimate of drug-likeness (QED) is 0.0986. The van der Waals surface area contributed by atoms with Crippen molar-refractivity contribution in [3.63, 3.8) is 0 Å². The first kappa shape index (κ1) is 45.0. The van der Waals surface area contributed by atoms with Gasteiger partial charge in [-0.2, -0.15) is 0 Å². The molecule has 7 nitrogen and oxygen atoms in total. The van der Waals surface area contributed by atoms with Gasteiger partial charge in [-0.25, -0.2) is 0 Å². The molecule has 10 heteroatoms. The van der Waals surface area contributed by atoms with Crippen molar-refractivity contribution in [1.29, 1.82) is 0 Å². The van der Waals surface area contributed by atoms with Gasteiger partial charge in [0.15, 0.2) is 5.78 Å². The highest BCUT2D eigenvalue weighted by Crippen LogP contribution is 2.41. The molecule has 0 spiro atoms. The minimum absolute atomic E-state index is 0. The Kier molecular flexibility index (Phi) is 18.7. The molecule has 2 aromatic rings. The second kappa shape index (κ2) is 22.9. The maximum absolute atomic E-state index is 13.7. The Bertz CT molecular complexity index is 1570. The number of nitrogens with zero attached hydrogens (tertiary/aromatic N) is 1. The standard InChI is InChI=1S/C27H36ClNO3.C9H15NO.C8H6Cl2O.CH4/c28-18-19-13-15-20(16-14-19)25(30)17-21-9-5-1-2-6-10-22(21)26(31)29-24-12-8-4-3-7-11-23(24)27(29)32;11-9-7-5-3-1-2-4-6-8(7)10-9;9-5-6-1-3-7(4-2-6)8(10)11;/h13-16,21-24H,1-12,17-18H2;7-8H,1-6H2,(H,10,11);1-4H,5H2;1H4/t21-,22-,23-,24+;7-,8+;;/m11../s1. The number of ketones is 1. The number of alkyl halides is 2. The highest BCUT2D eigenvalue weighted by atomic mass is 35.5. The zero-order chi connectivity index (χ0) is 38.5. The molecule has 302 valence electrons. The topological polar surface area (TPSA) is 101 Å².